The number of hydrogen-bond acceptors (Lipinski definition) is 6. The summed E-state index contributed by atoms with van der Waals surface area (Å²) in [5, 5.41) is 20.8. The number of carbonyl (C=O) groups excluding carboxylic acids is 2. The highest BCUT2D eigenvalue weighted by Crippen LogP contribution is 2.44. The molecule has 0 aromatic heterocycles. The Labute approximate surface area is 185 Å². The van der Waals surface area contributed by atoms with Gasteiger partial charge in [-0.3, -0.25) is 9.59 Å². The monoisotopic (exact) mass is 434 g/mol. The van der Waals surface area contributed by atoms with E-state index in [0.29, 0.717) is 25.7 Å². The van der Waals surface area contributed by atoms with Crippen molar-refractivity contribution in [2.75, 3.05) is 0 Å². The van der Waals surface area contributed by atoms with Crippen molar-refractivity contribution in [2.45, 2.75) is 97.6 Å². The first kappa shape index (κ1) is 24.0. The minimum absolute atomic E-state index is 0.00515. The van der Waals surface area contributed by atoms with Crippen molar-refractivity contribution < 1.29 is 29.3 Å². The maximum atomic E-state index is 12.9. The van der Waals surface area contributed by atoms with Gasteiger partial charge in [0.15, 0.2) is 0 Å². The molecule has 6 nitrogen and oxygen atoms in total. The fraction of sp³-hybridized carbons (Fsp3) is 0.760. The lowest BCUT2D eigenvalue weighted by atomic mass is 9.68. The second-order valence-corrected chi connectivity index (χ2v) is 10.3. The molecule has 2 aliphatic carbocycles. The van der Waals surface area contributed by atoms with Crippen LogP contribution in [0.2, 0.25) is 0 Å². The zero-order valence-electron chi connectivity index (χ0n) is 19.5. The largest absolute Gasteiger partial charge is 0.462 e. The van der Waals surface area contributed by atoms with Crippen molar-refractivity contribution in [1.29, 1.82) is 0 Å². The second kappa shape index (κ2) is 9.45. The summed E-state index contributed by atoms with van der Waals surface area (Å²) in [4.78, 5) is 24.6. The van der Waals surface area contributed by atoms with Gasteiger partial charge in [0, 0.05) is 6.42 Å². The Hall–Kier alpha value is -1.66. The Balaban J connectivity index is 1.83. The maximum Gasteiger partial charge on any atom is 0.312 e. The van der Waals surface area contributed by atoms with Gasteiger partial charge in [-0.2, -0.15) is 0 Å². The number of esters is 2. The van der Waals surface area contributed by atoms with Crippen molar-refractivity contribution in [3.63, 3.8) is 0 Å². The molecule has 0 aromatic carbocycles. The summed E-state index contributed by atoms with van der Waals surface area (Å²) >= 11 is 0. The Bertz CT molecular complexity index is 751. The van der Waals surface area contributed by atoms with Crippen molar-refractivity contribution in [3.05, 3.63) is 23.3 Å². The van der Waals surface area contributed by atoms with E-state index < -0.39 is 17.6 Å². The van der Waals surface area contributed by atoms with Crippen molar-refractivity contribution >= 4 is 11.9 Å². The quantitative estimate of drug-likeness (QED) is 0.619. The summed E-state index contributed by atoms with van der Waals surface area (Å²) in [6.07, 6.45) is 5.40. The number of allylic oxidation sites excluding steroid dienone is 1. The normalized spacial score (nSPS) is 36.1. The smallest absolute Gasteiger partial charge is 0.312 e. The molecule has 0 aromatic rings. The molecule has 0 spiro atoms. The van der Waals surface area contributed by atoms with Crippen LogP contribution < -0.4 is 0 Å². The molecule has 7 atom stereocenters. The van der Waals surface area contributed by atoms with Gasteiger partial charge < -0.3 is 19.7 Å². The minimum atomic E-state index is -0.646. The van der Waals surface area contributed by atoms with E-state index in [9.17, 15) is 19.8 Å². The topological polar surface area (TPSA) is 93.1 Å². The van der Waals surface area contributed by atoms with Crippen LogP contribution in [-0.4, -0.2) is 46.6 Å². The molecule has 31 heavy (non-hydrogen) atoms. The second-order valence-electron chi connectivity index (χ2n) is 10.3. The van der Waals surface area contributed by atoms with E-state index in [2.05, 4.69) is 13.0 Å². The van der Waals surface area contributed by atoms with Crippen LogP contribution in [0.3, 0.4) is 0 Å². The zero-order valence-corrected chi connectivity index (χ0v) is 19.5. The first-order chi connectivity index (χ1) is 14.5. The molecule has 0 radical (unpaired) electrons. The van der Waals surface area contributed by atoms with Crippen LogP contribution in [-0.2, 0) is 19.1 Å². The van der Waals surface area contributed by atoms with Gasteiger partial charge in [0.2, 0.25) is 0 Å². The zero-order chi connectivity index (χ0) is 22.9. The maximum absolute atomic E-state index is 12.9. The van der Waals surface area contributed by atoms with Crippen LogP contribution in [0.1, 0.15) is 73.1 Å². The van der Waals surface area contributed by atoms with Crippen LogP contribution >= 0.6 is 0 Å². The molecule has 0 amide bonds. The molecule has 1 saturated heterocycles. The number of aliphatic hydroxyl groups excluding tert-OH is 2. The van der Waals surface area contributed by atoms with Gasteiger partial charge in [-0.15, -0.1) is 0 Å². The summed E-state index contributed by atoms with van der Waals surface area (Å²) in [5.74, 6) is -0.266. The van der Waals surface area contributed by atoms with Crippen molar-refractivity contribution in [1.82, 2.24) is 0 Å². The lowest BCUT2D eigenvalue weighted by Crippen LogP contribution is -2.42. The highest BCUT2D eigenvalue weighted by molar-refractivity contribution is 5.76. The van der Waals surface area contributed by atoms with Gasteiger partial charge in [0.1, 0.15) is 12.2 Å². The lowest BCUT2D eigenvalue weighted by molar-refractivity contribution is -0.162. The molecule has 0 saturated carbocycles. The molecule has 174 valence electrons. The Kier molecular flexibility index (Phi) is 7.32. The van der Waals surface area contributed by atoms with Gasteiger partial charge in [0.05, 0.1) is 24.0 Å². The predicted molar refractivity (Wildman–Crippen MR) is 117 cm³/mol. The first-order valence-corrected chi connectivity index (χ1v) is 11.7. The molecule has 3 rings (SSSR count). The lowest BCUT2D eigenvalue weighted by Gasteiger charge is -2.42. The number of carbonyl (C=O) groups is 2. The van der Waals surface area contributed by atoms with Crippen LogP contribution in [0, 0.1) is 23.2 Å². The molecule has 6 heteroatoms. The van der Waals surface area contributed by atoms with Gasteiger partial charge in [0.25, 0.3) is 0 Å². The number of ether oxygens (including phenoxy) is 2. The molecule has 0 unspecified atom stereocenters. The van der Waals surface area contributed by atoms with Gasteiger partial charge in [-0.25, -0.2) is 0 Å². The van der Waals surface area contributed by atoms with E-state index in [0.717, 1.165) is 17.6 Å². The predicted octanol–water partition coefficient (Wildman–Crippen LogP) is 3.70. The fourth-order valence-corrected chi connectivity index (χ4v) is 4.94. The van der Waals surface area contributed by atoms with E-state index in [1.54, 1.807) is 0 Å². The first-order valence-electron chi connectivity index (χ1n) is 11.7. The Morgan fingerprint density at radius 1 is 1.23 bits per heavy atom. The third-order valence-electron chi connectivity index (χ3n) is 7.46. The highest BCUT2D eigenvalue weighted by Gasteiger charge is 2.42. The van der Waals surface area contributed by atoms with E-state index in [-0.39, 0.29) is 48.3 Å². The van der Waals surface area contributed by atoms with Gasteiger partial charge in [-0.1, -0.05) is 32.9 Å². The minimum Gasteiger partial charge on any atom is -0.462 e. The number of cyclic esters (lactones) is 1. The van der Waals surface area contributed by atoms with Crippen LogP contribution in [0.15, 0.2) is 23.3 Å². The van der Waals surface area contributed by atoms with Crippen molar-refractivity contribution in [3.8, 4) is 0 Å². The van der Waals surface area contributed by atoms with E-state index in [4.69, 9.17) is 9.47 Å². The fourth-order valence-electron chi connectivity index (χ4n) is 4.94. The average Bonchev–Trinajstić information content (AvgIpc) is 2.69. The summed E-state index contributed by atoms with van der Waals surface area (Å²) < 4.78 is 11.5. The van der Waals surface area contributed by atoms with Gasteiger partial charge in [-0.05, 0) is 68.4 Å². The average molecular weight is 435 g/mol. The molecule has 2 N–H and O–H groups in total. The highest BCUT2D eigenvalue weighted by atomic mass is 16.6. The summed E-state index contributed by atoms with van der Waals surface area (Å²) in [6.45, 7) is 9.90. The molecule has 1 heterocycles. The van der Waals surface area contributed by atoms with E-state index >= 15 is 0 Å². The van der Waals surface area contributed by atoms with E-state index in [1.807, 2.05) is 33.8 Å². The molecule has 1 aliphatic heterocycles. The third kappa shape index (κ3) is 5.23. The van der Waals surface area contributed by atoms with Crippen LogP contribution in [0.5, 0.6) is 0 Å². The molecule has 0 bridgehead atoms. The molecular weight excluding hydrogens is 396 g/mol. The number of rotatable bonds is 6. The Morgan fingerprint density at radius 2 is 1.94 bits per heavy atom. The summed E-state index contributed by atoms with van der Waals surface area (Å²) in [6, 6.07) is 0. The summed E-state index contributed by atoms with van der Waals surface area (Å²) in [5.41, 5.74) is 1.33. The number of aliphatic hydroxyl groups is 2. The standard InChI is InChI=1S/C25H38O6/c1-6-25(4,5)24(29)31-20-11-15(3)23(28)19-9-7-14(2)18(22(19)20)10-8-17-12-16(26)13-21(27)30-17/h7,9,14-18,20,23,26,28H,6,8,10-13H2,1-5H3/t14-,15+,16+,17+,18-,20-,23-/m0/s1. The van der Waals surface area contributed by atoms with Crippen LogP contribution in [0.25, 0.3) is 0 Å². The van der Waals surface area contributed by atoms with Gasteiger partial charge >= 0.3 is 11.9 Å². The summed E-state index contributed by atoms with van der Waals surface area (Å²) in [7, 11) is 0. The molecule has 1 fully saturated rings. The van der Waals surface area contributed by atoms with Crippen LogP contribution in [0.4, 0.5) is 0 Å². The van der Waals surface area contributed by atoms with E-state index in [1.165, 1.54) is 0 Å². The molecular formula is C25H38O6. The Morgan fingerprint density at radius 3 is 2.58 bits per heavy atom. The molecule has 3 aliphatic rings. The third-order valence-corrected chi connectivity index (χ3v) is 7.46. The number of hydrogen-bond donors (Lipinski definition) is 2. The SMILES string of the molecule is CCC(C)(C)C(=O)O[C@H]1C[C@@H](C)[C@H](O)C2=C1[C@@H](CC[C@@H]1C[C@@H](O)CC(=O)O1)[C@@H](C)C=C2. The van der Waals surface area contributed by atoms with Crippen molar-refractivity contribution in [2.24, 2.45) is 23.2 Å².